The van der Waals surface area contributed by atoms with E-state index in [1.54, 1.807) is 38.1 Å². The molecule has 3 saturated carbocycles. The second-order valence-electron chi connectivity index (χ2n) is 14.2. The molecule has 3 aliphatic carbocycles. The molecule has 1 heterocycles. The summed E-state index contributed by atoms with van der Waals surface area (Å²) < 4.78 is 5.99. The van der Waals surface area contributed by atoms with Gasteiger partial charge in [0.2, 0.25) is 5.91 Å². The van der Waals surface area contributed by atoms with Gasteiger partial charge in [0.05, 0.1) is 26.4 Å². The molecule has 0 radical (unpaired) electrons. The van der Waals surface area contributed by atoms with Crippen molar-refractivity contribution in [1.29, 1.82) is 0 Å². The van der Waals surface area contributed by atoms with E-state index in [2.05, 4.69) is 26.1 Å². The summed E-state index contributed by atoms with van der Waals surface area (Å²) in [4.78, 5) is 36.5. The smallest absolute Gasteiger partial charge is 0.253 e. The summed E-state index contributed by atoms with van der Waals surface area (Å²) in [5, 5.41) is 15.7. The van der Waals surface area contributed by atoms with E-state index in [0.29, 0.717) is 41.0 Å². The van der Waals surface area contributed by atoms with Gasteiger partial charge in [-0.25, -0.2) is 0 Å². The van der Waals surface area contributed by atoms with E-state index >= 15 is 0 Å². The number of carbonyl (C=O) groups is 2. The molecule has 0 aromatic heterocycles. The number of fused-ring (bicyclic) bond motifs is 2. The molecule has 6 rings (SSSR count). The largest absolute Gasteiger partial charge is 0.496 e. The standard InChI is InChI=1S/C35H50N4O5/c1-20-29-16-25(35(29,3)4)17-30(20)36-33(41)31-28(21(2)40)19-44-39(31)18-22-11-10-12-27(32(22)43-9)23-13-24(34(42)38(7)8)15-26(14-23)37(5)6/h10-15,20-21,25,28-31,40H,16-19H2,1-9H3,(H,36,41)/t20-,21-,25+,28+,29-,30-,31-/m0/s1. The lowest BCUT2D eigenvalue weighted by atomic mass is 9.45. The maximum absolute atomic E-state index is 13.9. The van der Waals surface area contributed by atoms with E-state index in [0.717, 1.165) is 28.8 Å². The molecule has 2 N–H and O–H groups in total. The predicted octanol–water partition coefficient (Wildman–Crippen LogP) is 4.43. The summed E-state index contributed by atoms with van der Waals surface area (Å²) in [7, 11) is 9.02. The van der Waals surface area contributed by atoms with Crippen molar-refractivity contribution in [2.24, 2.45) is 29.1 Å². The average Bonchev–Trinajstić information content (AvgIpc) is 3.41. The van der Waals surface area contributed by atoms with Crippen LogP contribution in [0, 0.1) is 29.1 Å². The highest BCUT2D eigenvalue weighted by molar-refractivity contribution is 5.97. The minimum atomic E-state index is -0.707. The Morgan fingerprint density at radius 1 is 1.16 bits per heavy atom. The van der Waals surface area contributed by atoms with Gasteiger partial charge in [0, 0.05) is 62.5 Å². The van der Waals surface area contributed by atoms with Crippen LogP contribution in [0.1, 0.15) is 56.5 Å². The maximum Gasteiger partial charge on any atom is 0.253 e. The number of rotatable bonds is 9. The van der Waals surface area contributed by atoms with E-state index in [4.69, 9.17) is 9.57 Å². The molecular weight excluding hydrogens is 556 g/mol. The lowest BCUT2D eigenvalue weighted by molar-refractivity contribution is -0.161. The van der Waals surface area contributed by atoms with Crippen LogP contribution in [0.25, 0.3) is 11.1 Å². The number of carbonyl (C=O) groups excluding carboxylic acids is 2. The number of aliphatic hydroxyl groups excluding tert-OH is 1. The van der Waals surface area contributed by atoms with Gasteiger partial charge in [-0.05, 0) is 66.7 Å². The van der Waals surface area contributed by atoms with Gasteiger partial charge in [0.15, 0.2) is 0 Å². The molecule has 0 unspecified atom stereocenters. The molecule has 9 nitrogen and oxygen atoms in total. The quantitative estimate of drug-likeness (QED) is 0.436. The highest BCUT2D eigenvalue weighted by atomic mass is 16.7. The zero-order valence-corrected chi connectivity index (χ0v) is 27.8. The monoisotopic (exact) mass is 606 g/mol. The van der Waals surface area contributed by atoms with Gasteiger partial charge >= 0.3 is 0 Å². The molecule has 44 heavy (non-hydrogen) atoms. The first kappa shape index (κ1) is 32.3. The molecule has 240 valence electrons. The molecule has 4 fully saturated rings. The summed E-state index contributed by atoms with van der Waals surface area (Å²) in [6, 6.07) is 11.2. The van der Waals surface area contributed by atoms with Crippen LogP contribution in [0.3, 0.4) is 0 Å². The Bertz CT molecular complexity index is 1390. The van der Waals surface area contributed by atoms with Gasteiger partial charge in [0.25, 0.3) is 5.91 Å². The first-order valence-corrected chi connectivity index (χ1v) is 15.8. The zero-order valence-electron chi connectivity index (χ0n) is 27.8. The molecule has 1 saturated heterocycles. The van der Waals surface area contributed by atoms with Gasteiger partial charge in [0.1, 0.15) is 11.8 Å². The summed E-state index contributed by atoms with van der Waals surface area (Å²) in [6.45, 7) is 9.27. The normalized spacial score (nSPS) is 28.1. The third-order valence-electron chi connectivity index (χ3n) is 10.7. The molecule has 2 bridgehead atoms. The maximum atomic E-state index is 13.9. The SMILES string of the molecule is COc1c(CN2OC[C@H]([C@H](C)O)[C@H]2C(=O)N[C@H]2C[C@H]3C[C@@H]([C@@H]2C)C3(C)C)cccc1-c1cc(C(=O)N(C)C)cc(N(C)C)c1. The van der Waals surface area contributed by atoms with Crippen molar-refractivity contribution >= 4 is 17.5 Å². The van der Waals surface area contributed by atoms with Crippen LogP contribution in [0.5, 0.6) is 5.75 Å². The van der Waals surface area contributed by atoms with E-state index in [1.807, 2.05) is 55.4 Å². The van der Waals surface area contributed by atoms with Gasteiger partial charge < -0.3 is 25.0 Å². The van der Waals surface area contributed by atoms with Crippen molar-refractivity contribution < 1.29 is 24.3 Å². The molecule has 7 atom stereocenters. The number of para-hydroxylation sites is 1. The van der Waals surface area contributed by atoms with Crippen molar-refractivity contribution in [1.82, 2.24) is 15.3 Å². The molecule has 9 heteroatoms. The first-order valence-electron chi connectivity index (χ1n) is 15.8. The van der Waals surface area contributed by atoms with Crippen LogP contribution < -0.4 is 15.0 Å². The topological polar surface area (TPSA) is 94.6 Å². The van der Waals surface area contributed by atoms with E-state index in [9.17, 15) is 14.7 Å². The van der Waals surface area contributed by atoms with Crippen molar-refractivity contribution in [2.75, 3.05) is 46.8 Å². The Labute approximate surface area is 262 Å². The third-order valence-corrected chi connectivity index (χ3v) is 10.7. The van der Waals surface area contributed by atoms with Crippen molar-refractivity contribution in [3.05, 3.63) is 47.5 Å². The Morgan fingerprint density at radius 3 is 2.48 bits per heavy atom. The number of methoxy groups -OCH3 is 1. The van der Waals surface area contributed by atoms with Gasteiger partial charge in [-0.1, -0.05) is 39.0 Å². The number of hydroxylamine groups is 2. The minimum Gasteiger partial charge on any atom is -0.496 e. The molecule has 1 aliphatic heterocycles. The molecule has 2 amide bonds. The Hall–Kier alpha value is -3.14. The Balaban J connectivity index is 1.43. The fourth-order valence-corrected chi connectivity index (χ4v) is 7.80. The van der Waals surface area contributed by atoms with Crippen LogP contribution in [0.2, 0.25) is 0 Å². The number of ether oxygens (including phenoxy) is 1. The van der Waals surface area contributed by atoms with Crippen molar-refractivity contribution in [3.63, 3.8) is 0 Å². The van der Waals surface area contributed by atoms with Crippen LogP contribution in [-0.4, -0.2) is 87.0 Å². The average molecular weight is 607 g/mol. The van der Waals surface area contributed by atoms with E-state index < -0.39 is 12.1 Å². The number of hydrogen-bond acceptors (Lipinski definition) is 7. The first-order chi connectivity index (χ1) is 20.7. The molecule has 2 aromatic carbocycles. The highest BCUT2D eigenvalue weighted by Crippen LogP contribution is 2.61. The van der Waals surface area contributed by atoms with E-state index in [-0.39, 0.29) is 30.4 Å². The van der Waals surface area contributed by atoms with Crippen LogP contribution in [0.15, 0.2) is 36.4 Å². The van der Waals surface area contributed by atoms with Gasteiger partial charge in [-0.2, -0.15) is 5.06 Å². The number of amides is 2. The molecule has 4 aliphatic rings. The Kier molecular flexibility index (Phi) is 9.04. The molecule has 2 aromatic rings. The number of hydrogen-bond donors (Lipinski definition) is 2. The van der Waals surface area contributed by atoms with Crippen molar-refractivity contribution in [2.45, 2.75) is 65.3 Å². The number of nitrogens with zero attached hydrogens (tertiary/aromatic N) is 3. The summed E-state index contributed by atoms with van der Waals surface area (Å²) in [6.07, 6.45) is 1.53. The lowest BCUT2D eigenvalue weighted by Gasteiger charge is -2.62. The second kappa shape index (κ2) is 12.3. The van der Waals surface area contributed by atoms with E-state index in [1.165, 1.54) is 6.42 Å². The van der Waals surface area contributed by atoms with Crippen molar-refractivity contribution in [3.8, 4) is 16.9 Å². The zero-order chi connectivity index (χ0) is 32.1. The fourth-order valence-electron chi connectivity index (χ4n) is 7.80. The number of aliphatic hydroxyl groups is 1. The summed E-state index contributed by atoms with van der Waals surface area (Å²) in [5.74, 6) is 1.76. The van der Waals surface area contributed by atoms with Crippen LogP contribution in [-0.2, 0) is 16.2 Å². The minimum absolute atomic E-state index is 0.0818. The fraction of sp³-hybridized carbons (Fsp3) is 0.600. The predicted molar refractivity (Wildman–Crippen MR) is 172 cm³/mol. The molecular formula is C35H50N4O5. The lowest BCUT2D eigenvalue weighted by Crippen LogP contribution is -2.62. The summed E-state index contributed by atoms with van der Waals surface area (Å²) >= 11 is 0. The van der Waals surface area contributed by atoms with Gasteiger partial charge in [-0.3, -0.25) is 14.4 Å². The second-order valence-corrected chi connectivity index (χ2v) is 14.2. The summed E-state index contributed by atoms with van der Waals surface area (Å²) in [5.41, 5.74) is 4.36. The van der Waals surface area contributed by atoms with Crippen LogP contribution in [0.4, 0.5) is 5.69 Å². The number of benzene rings is 2. The number of anilines is 1. The third kappa shape index (κ3) is 5.82. The van der Waals surface area contributed by atoms with Crippen LogP contribution >= 0.6 is 0 Å². The highest BCUT2D eigenvalue weighted by Gasteiger charge is 2.57. The van der Waals surface area contributed by atoms with Gasteiger partial charge in [-0.15, -0.1) is 0 Å². The molecule has 0 spiro atoms. The Morgan fingerprint density at radius 2 is 1.89 bits per heavy atom. The number of nitrogens with one attached hydrogen (secondary N) is 1.